The van der Waals surface area contributed by atoms with Crippen LogP contribution in [0, 0.1) is 6.92 Å². The molecule has 0 spiro atoms. The van der Waals surface area contributed by atoms with E-state index in [1.807, 2.05) is 25.1 Å². The Morgan fingerprint density at radius 2 is 2.35 bits per heavy atom. The second kappa shape index (κ2) is 6.72. The molecule has 4 N–H and O–H groups in total. The Balaban J connectivity index is 2.10. The number of aliphatic hydroxyl groups is 1. The number of aryl methyl sites for hydroxylation is 1. The highest BCUT2D eigenvalue weighted by Gasteiger charge is 2.28. The summed E-state index contributed by atoms with van der Waals surface area (Å²) in [5.74, 6) is 0.623. The first kappa shape index (κ1) is 14.8. The van der Waals surface area contributed by atoms with Crippen LogP contribution in [0.15, 0.2) is 18.2 Å². The van der Waals surface area contributed by atoms with Gasteiger partial charge in [0.25, 0.3) is 0 Å². The van der Waals surface area contributed by atoms with Gasteiger partial charge in [0.15, 0.2) is 0 Å². The maximum atomic E-state index is 11.8. The van der Waals surface area contributed by atoms with Gasteiger partial charge in [0.1, 0.15) is 11.9 Å². The van der Waals surface area contributed by atoms with Crippen molar-refractivity contribution in [2.45, 2.75) is 38.3 Å². The third-order valence-electron chi connectivity index (χ3n) is 3.51. The molecule has 0 aliphatic carbocycles. The fourth-order valence-corrected chi connectivity index (χ4v) is 2.39. The largest absolute Gasteiger partial charge is 0.493 e. The van der Waals surface area contributed by atoms with Crippen molar-refractivity contribution in [2.75, 3.05) is 13.2 Å². The van der Waals surface area contributed by atoms with Crippen molar-refractivity contribution < 1.29 is 14.6 Å². The first-order chi connectivity index (χ1) is 9.61. The van der Waals surface area contributed by atoms with Crippen LogP contribution in [0.3, 0.4) is 0 Å². The SMILES string of the molecule is Cc1ccc2c(c1)C(O)C(NC(=O)CCCN)CCO2. The number of carbonyl (C=O) groups is 1. The number of aliphatic hydroxyl groups excluding tert-OH is 1. The Bertz CT molecular complexity index is 476. The number of carbonyl (C=O) groups excluding carboxylic acids is 1. The molecule has 1 aromatic rings. The van der Waals surface area contributed by atoms with Gasteiger partial charge in [-0.2, -0.15) is 0 Å². The molecule has 110 valence electrons. The second-order valence-electron chi connectivity index (χ2n) is 5.19. The van der Waals surface area contributed by atoms with E-state index in [0.717, 1.165) is 11.1 Å². The predicted molar refractivity (Wildman–Crippen MR) is 76.5 cm³/mol. The number of hydrogen-bond donors (Lipinski definition) is 3. The van der Waals surface area contributed by atoms with E-state index >= 15 is 0 Å². The topological polar surface area (TPSA) is 84.6 Å². The summed E-state index contributed by atoms with van der Waals surface area (Å²) in [6.45, 7) is 2.94. The standard InChI is InChI=1S/C15H22N2O3/c1-10-4-5-13-11(9-10)15(19)12(6-8-20-13)17-14(18)3-2-7-16/h4-5,9,12,15,19H,2-3,6-8,16H2,1H3,(H,17,18). The molecule has 2 unspecified atom stereocenters. The predicted octanol–water partition coefficient (Wildman–Crippen LogP) is 1.03. The van der Waals surface area contributed by atoms with E-state index in [4.69, 9.17) is 10.5 Å². The summed E-state index contributed by atoms with van der Waals surface area (Å²) < 4.78 is 5.64. The monoisotopic (exact) mass is 278 g/mol. The minimum absolute atomic E-state index is 0.0735. The lowest BCUT2D eigenvalue weighted by Gasteiger charge is -2.22. The average molecular weight is 278 g/mol. The van der Waals surface area contributed by atoms with E-state index in [2.05, 4.69) is 5.32 Å². The van der Waals surface area contributed by atoms with Gasteiger partial charge in [-0.1, -0.05) is 11.6 Å². The third kappa shape index (κ3) is 3.49. The Morgan fingerprint density at radius 3 is 3.10 bits per heavy atom. The fourth-order valence-electron chi connectivity index (χ4n) is 2.39. The van der Waals surface area contributed by atoms with E-state index in [9.17, 15) is 9.90 Å². The average Bonchev–Trinajstić information content (AvgIpc) is 2.58. The van der Waals surface area contributed by atoms with Crippen LogP contribution in [-0.2, 0) is 4.79 Å². The number of hydrogen-bond acceptors (Lipinski definition) is 4. The summed E-state index contributed by atoms with van der Waals surface area (Å²) in [4.78, 5) is 11.8. The molecule has 0 saturated carbocycles. The number of benzene rings is 1. The summed E-state index contributed by atoms with van der Waals surface area (Å²) in [6.07, 6.45) is 0.889. The number of nitrogens with one attached hydrogen (secondary N) is 1. The Labute approximate surface area is 119 Å². The van der Waals surface area contributed by atoms with Gasteiger partial charge in [-0.3, -0.25) is 4.79 Å². The molecule has 1 aliphatic rings. The molecule has 0 radical (unpaired) electrons. The Morgan fingerprint density at radius 1 is 1.55 bits per heavy atom. The van der Waals surface area contributed by atoms with Crippen LogP contribution in [0.4, 0.5) is 0 Å². The van der Waals surface area contributed by atoms with Crippen molar-refractivity contribution in [1.29, 1.82) is 0 Å². The molecule has 0 aromatic heterocycles. The molecule has 0 fully saturated rings. The molecule has 1 aliphatic heterocycles. The minimum Gasteiger partial charge on any atom is -0.493 e. The molecular weight excluding hydrogens is 256 g/mol. The second-order valence-corrected chi connectivity index (χ2v) is 5.19. The van der Waals surface area contributed by atoms with Crippen LogP contribution in [0.1, 0.15) is 36.5 Å². The lowest BCUT2D eigenvalue weighted by Crippen LogP contribution is -2.39. The highest BCUT2D eigenvalue weighted by molar-refractivity contribution is 5.76. The molecule has 5 nitrogen and oxygen atoms in total. The number of nitrogens with two attached hydrogens (primary N) is 1. The van der Waals surface area contributed by atoms with Crippen molar-refractivity contribution >= 4 is 5.91 Å². The lowest BCUT2D eigenvalue weighted by molar-refractivity contribution is -0.122. The molecule has 0 bridgehead atoms. The molecule has 1 heterocycles. The van der Waals surface area contributed by atoms with Crippen LogP contribution in [0.25, 0.3) is 0 Å². The van der Waals surface area contributed by atoms with Crippen molar-refractivity contribution in [3.05, 3.63) is 29.3 Å². The van der Waals surface area contributed by atoms with Crippen molar-refractivity contribution in [3.63, 3.8) is 0 Å². The summed E-state index contributed by atoms with van der Waals surface area (Å²) in [7, 11) is 0. The van der Waals surface area contributed by atoms with Gasteiger partial charge in [0.05, 0.1) is 12.6 Å². The zero-order valence-corrected chi connectivity index (χ0v) is 11.8. The lowest BCUT2D eigenvalue weighted by atomic mass is 9.98. The molecule has 1 amide bonds. The number of ether oxygens (including phenoxy) is 1. The summed E-state index contributed by atoms with van der Waals surface area (Å²) in [5.41, 5.74) is 7.19. The molecule has 20 heavy (non-hydrogen) atoms. The van der Waals surface area contributed by atoms with Gasteiger partial charge in [-0.05, 0) is 32.0 Å². The van der Waals surface area contributed by atoms with Crippen LogP contribution in [0.2, 0.25) is 0 Å². The smallest absolute Gasteiger partial charge is 0.220 e. The number of rotatable bonds is 4. The van der Waals surface area contributed by atoms with E-state index < -0.39 is 6.10 Å². The third-order valence-corrected chi connectivity index (χ3v) is 3.51. The van der Waals surface area contributed by atoms with Gasteiger partial charge < -0.3 is 20.9 Å². The van der Waals surface area contributed by atoms with E-state index in [-0.39, 0.29) is 11.9 Å². The summed E-state index contributed by atoms with van der Waals surface area (Å²) in [5, 5.41) is 13.4. The Hall–Kier alpha value is -1.59. The van der Waals surface area contributed by atoms with Crippen molar-refractivity contribution in [3.8, 4) is 5.75 Å². The van der Waals surface area contributed by atoms with Gasteiger partial charge in [0, 0.05) is 18.4 Å². The minimum atomic E-state index is -0.741. The summed E-state index contributed by atoms with van der Waals surface area (Å²) in [6, 6.07) is 5.41. The highest BCUT2D eigenvalue weighted by atomic mass is 16.5. The zero-order valence-electron chi connectivity index (χ0n) is 11.8. The zero-order chi connectivity index (χ0) is 14.5. The van der Waals surface area contributed by atoms with Gasteiger partial charge in [0.2, 0.25) is 5.91 Å². The molecule has 0 saturated heterocycles. The van der Waals surface area contributed by atoms with Gasteiger partial charge in [-0.25, -0.2) is 0 Å². The van der Waals surface area contributed by atoms with Crippen LogP contribution >= 0.6 is 0 Å². The Kier molecular flexibility index (Phi) is 4.98. The number of fused-ring (bicyclic) bond motifs is 1. The van der Waals surface area contributed by atoms with E-state index in [1.54, 1.807) is 0 Å². The number of amides is 1. The molecule has 1 aromatic carbocycles. The first-order valence-corrected chi connectivity index (χ1v) is 7.02. The molecular formula is C15H22N2O3. The summed E-state index contributed by atoms with van der Waals surface area (Å²) >= 11 is 0. The first-order valence-electron chi connectivity index (χ1n) is 7.02. The van der Waals surface area contributed by atoms with Crippen LogP contribution < -0.4 is 15.8 Å². The molecule has 5 heteroatoms. The maximum Gasteiger partial charge on any atom is 0.220 e. The maximum absolute atomic E-state index is 11.8. The normalized spacial score (nSPS) is 21.6. The highest BCUT2D eigenvalue weighted by Crippen LogP contribution is 2.32. The van der Waals surface area contributed by atoms with Crippen molar-refractivity contribution in [1.82, 2.24) is 5.32 Å². The van der Waals surface area contributed by atoms with E-state index in [1.165, 1.54) is 0 Å². The molecule has 2 atom stereocenters. The van der Waals surface area contributed by atoms with Gasteiger partial charge in [-0.15, -0.1) is 0 Å². The van der Waals surface area contributed by atoms with Crippen LogP contribution in [-0.4, -0.2) is 30.2 Å². The molecule has 2 rings (SSSR count). The van der Waals surface area contributed by atoms with Gasteiger partial charge >= 0.3 is 0 Å². The van der Waals surface area contributed by atoms with E-state index in [0.29, 0.717) is 38.2 Å². The quantitative estimate of drug-likeness (QED) is 0.768. The van der Waals surface area contributed by atoms with Crippen LogP contribution in [0.5, 0.6) is 5.75 Å². The fraction of sp³-hybridized carbons (Fsp3) is 0.533. The van der Waals surface area contributed by atoms with Crippen molar-refractivity contribution in [2.24, 2.45) is 5.73 Å².